The second-order valence-electron chi connectivity index (χ2n) is 4.86. The van der Waals surface area contributed by atoms with Crippen molar-refractivity contribution in [3.05, 3.63) is 28.2 Å². The number of nitrogens with one attached hydrogen (secondary N) is 1. The minimum absolute atomic E-state index is 0.417. The standard InChI is InChI=1S/C14H19BrN2OS/c15-12-8-11(14(16)19)4-5-13(12)17-6-1-7-18-9-10-2-3-10/h4-5,8,10,17H,1-3,6-7,9H2,(H2,16,19). The lowest BCUT2D eigenvalue weighted by molar-refractivity contribution is 0.124. The van der Waals surface area contributed by atoms with Crippen LogP contribution in [0.3, 0.4) is 0 Å². The van der Waals surface area contributed by atoms with Gasteiger partial charge in [-0.25, -0.2) is 0 Å². The van der Waals surface area contributed by atoms with Crippen LogP contribution >= 0.6 is 28.1 Å². The summed E-state index contributed by atoms with van der Waals surface area (Å²) in [6, 6.07) is 5.86. The number of nitrogens with two attached hydrogens (primary N) is 1. The molecule has 0 bridgehead atoms. The van der Waals surface area contributed by atoms with Gasteiger partial charge in [-0.05, 0) is 59.3 Å². The maximum atomic E-state index is 5.59. The molecule has 3 nitrogen and oxygen atoms in total. The second kappa shape index (κ2) is 7.22. The van der Waals surface area contributed by atoms with E-state index in [2.05, 4.69) is 21.2 Å². The fourth-order valence-corrected chi connectivity index (χ4v) is 2.39. The van der Waals surface area contributed by atoms with E-state index in [1.807, 2.05) is 18.2 Å². The van der Waals surface area contributed by atoms with Gasteiger partial charge in [0, 0.05) is 35.5 Å². The number of thiocarbonyl (C=S) groups is 1. The highest BCUT2D eigenvalue weighted by Crippen LogP contribution is 2.28. The van der Waals surface area contributed by atoms with Crippen molar-refractivity contribution in [3.8, 4) is 0 Å². The van der Waals surface area contributed by atoms with Crippen molar-refractivity contribution in [3.63, 3.8) is 0 Å². The van der Waals surface area contributed by atoms with Crippen LogP contribution in [0.15, 0.2) is 22.7 Å². The first-order valence-corrected chi connectivity index (χ1v) is 7.78. The maximum Gasteiger partial charge on any atom is 0.104 e. The van der Waals surface area contributed by atoms with Crippen LogP contribution in [0.5, 0.6) is 0 Å². The van der Waals surface area contributed by atoms with Gasteiger partial charge in [-0.1, -0.05) is 12.2 Å². The molecule has 0 spiro atoms. The minimum atomic E-state index is 0.417. The van der Waals surface area contributed by atoms with E-state index in [1.54, 1.807) is 0 Å². The molecule has 1 aromatic carbocycles. The monoisotopic (exact) mass is 342 g/mol. The van der Waals surface area contributed by atoms with Gasteiger partial charge in [0.1, 0.15) is 4.99 Å². The quantitative estimate of drug-likeness (QED) is 0.562. The summed E-state index contributed by atoms with van der Waals surface area (Å²) < 4.78 is 6.57. The van der Waals surface area contributed by atoms with Gasteiger partial charge >= 0.3 is 0 Å². The highest BCUT2D eigenvalue weighted by molar-refractivity contribution is 9.10. The number of ether oxygens (including phenoxy) is 1. The molecule has 1 fully saturated rings. The third-order valence-electron chi connectivity index (χ3n) is 3.08. The third-order valence-corrected chi connectivity index (χ3v) is 3.98. The number of anilines is 1. The van der Waals surface area contributed by atoms with E-state index < -0.39 is 0 Å². The second-order valence-corrected chi connectivity index (χ2v) is 6.15. The van der Waals surface area contributed by atoms with Crippen molar-refractivity contribution in [2.75, 3.05) is 25.1 Å². The lowest BCUT2D eigenvalue weighted by atomic mass is 10.2. The van der Waals surface area contributed by atoms with Crippen LogP contribution in [0.4, 0.5) is 5.69 Å². The number of benzene rings is 1. The van der Waals surface area contributed by atoms with Crippen LogP contribution < -0.4 is 11.1 Å². The van der Waals surface area contributed by atoms with Crippen molar-refractivity contribution in [1.29, 1.82) is 0 Å². The average Bonchev–Trinajstić information content (AvgIpc) is 3.19. The summed E-state index contributed by atoms with van der Waals surface area (Å²) >= 11 is 8.46. The Kier molecular flexibility index (Phi) is 5.60. The fourth-order valence-electron chi connectivity index (χ4n) is 1.74. The molecule has 0 amide bonds. The Balaban J connectivity index is 1.68. The van der Waals surface area contributed by atoms with Gasteiger partial charge < -0.3 is 15.8 Å². The van der Waals surface area contributed by atoms with Crippen LogP contribution in [0, 0.1) is 5.92 Å². The van der Waals surface area contributed by atoms with Crippen molar-refractivity contribution < 1.29 is 4.74 Å². The molecule has 19 heavy (non-hydrogen) atoms. The molecule has 1 aliphatic carbocycles. The Hall–Kier alpha value is -0.650. The Bertz CT molecular complexity index is 449. The molecule has 5 heteroatoms. The van der Waals surface area contributed by atoms with Gasteiger partial charge in [-0.3, -0.25) is 0 Å². The molecule has 0 heterocycles. The molecule has 1 aromatic rings. The highest BCUT2D eigenvalue weighted by atomic mass is 79.9. The van der Waals surface area contributed by atoms with Crippen molar-refractivity contribution >= 4 is 38.8 Å². The van der Waals surface area contributed by atoms with Crippen LogP contribution in [-0.4, -0.2) is 24.7 Å². The SMILES string of the molecule is NC(=S)c1ccc(NCCCOCC2CC2)c(Br)c1. The van der Waals surface area contributed by atoms with Gasteiger partial charge in [0.05, 0.1) is 0 Å². The predicted octanol–water partition coefficient (Wildman–Crippen LogP) is 3.31. The first kappa shape index (κ1) is 14.8. The minimum Gasteiger partial charge on any atom is -0.389 e. The summed E-state index contributed by atoms with van der Waals surface area (Å²) in [5.41, 5.74) is 7.52. The molecule has 0 radical (unpaired) electrons. The summed E-state index contributed by atoms with van der Waals surface area (Å²) in [7, 11) is 0. The fraction of sp³-hybridized carbons (Fsp3) is 0.500. The van der Waals surface area contributed by atoms with Crippen molar-refractivity contribution in [1.82, 2.24) is 0 Å². The van der Waals surface area contributed by atoms with E-state index >= 15 is 0 Å². The third kappa shape index (κ3) is 5.09. The van der Waals surface area contributed by atoms with Gasteiger partial charge in [-0.15, -0.1) is 0 Å². The number of hydrogen-bond donors (Lipinski definition) is 2. The molecule has 3 N–H and O–H groups in total. The van der Waals surface area contributed by atoms with Crippen LogP contribution in [-0.2, 0) is 4.74 Å². The molecule has 0 aliphatic heterocycles. The molecule has 0 aromatic heterocycles. The lowest BCUT2D eigenvalue weighted by Gasteiger charge is -2.10. The van der Waals surface area contributed by atoms with Crippen molar-refractivity contribution in [2.24, 2.45) is 11.7 Å². The Morgan fingerprint density at radius 3 is 2.89 bits per heavy atom. The molecule has 2 rings (SSSR count). The number of halogens is 1. The van der Waals surface area contributed by atoms with E-state index in [9.17, 15) is 0 Å². The molecular weight excluding hydrogens is 324 g/mol. The summed E-state index contributed by atoms with van der Waals surface area (Å²) in [5, 5.41) is 3.37. The van der Waals surface area contributed by atoms with Gasteiger partial charge in [0.25, 0.3) is 0 Å². The molecule has 0 atom stereocenters. The predicted molar refractivity (Wildman–Crippen MR) is 86.7 cm³/mol. The molecule has 0 unspecified atom stereocenters. The number of hydrogen-bond acceptors (Lipinski definition) is 3. The van der Waals surface area contributed by atoms with E-state index in [-0.39, 0.29) is 0 Å². The summed E-state index contributed by atoms with van der Waals surface area (Å²) in [6.07, 6.45) is 3.71. The zero-order chi connectivity index (χ0) is 13.7. The molecule has 1 saturated carbocycles. The largest absolute Gasteiger partial charge is 0.389 e. The van der Waals surface area contributed by atoms with Crippen molar-refractivity contribution in [2.45, 2.75) is 19.3 Å². The zero-order valence-corrected chi connectivity index (χ0v) is 13.2. The van der Waals surface area contributed by atoms with E-state index in [0.29, 0.717) is 4.99 Å². The van der Waals surface area contributed by atoms with E-state index in [4.69, 9.17) is 22.7 Å². The van der Waals surface area contributed by atoms with E-state index in [1.165, 1.54) is 12.8 Å². The van der Waals surface area contributed by atoms with E-state index in [0.717, 1.165) is 47.8 Å². The Labute approximate surface area is 128 Å². The first-order valence-electron chi connectivity index (χ1n) is 6.58. The Morgan fingerprint density at radius 1 is 1.47 bits per heavy atom. The molecule has 104 valence electrons. The van der Waals surface area contributed by atoms with Gasteiger partial charge in [0.15, 0.2) is 0 Å². The Morgan fingerprint density at radius 2 is 2.26 bits per heavy atom. The maximum absolute atomic E-state index is 5.59. The van der Waals surface area contributed by atoms with Gasteiger partial charge in [0.2, 0.25) is 0 Å². The summed E-state index contributed by atoms with van der Waals surface area (Å²) in [5.74, 6) is 0.842. The molecule has 1 aliphatic rings. The van der Waals surface area contributed by atoms with Gasteiger partial charge in [-0.2, -0.15) is 0 Å². The smallest absolute Gasteiger partial charge is 0.104 e. The van der Waals surface area contributed by atoms with Crippen LogP contribution in [0.1, 0.15) is 24.8 Å². The zero-order valence-electron chi connectivity index (χ0n) is 10.8. The molecular formula is C14H19BrN2OS. The van der Waals surface area contributed by atoms with Crippen LogP contribution in [0.25, 0.3) is 0 Å². The molecule has 0 saturated heterocycles. The lowest BCUT2D eigenvalue weighted by Crippen LogP contribution is -2.10. The van der Waals surface area contributed by atoms with Crippen LogP contribution in [0.2, 0.25) is 0 Å². The summed E-state index contributed by atoms with van der Waals surface area (Å²) in [6.45, 7) is 2.66. The average molecular weight is 343 g/mol. The topological polar surface area (TPSA) is 47.3 Å². The first-order chi connectivity index (χ1) is 9.16. The number of rotatable bonds is 8. The highest BCUT2D eigenvalue weighted by Gasteiger charge is 2.20. The normalized spacial score (nSPS) is 14.4. The summed E-state index contributed by atoms with van der Waals surface area (Å²) in [4.78, 5) is 0.417.